The van der Waals surface area contributed by atoms with Crippen LogP contribution >= 0.6 is 0 Å². The normalized spacial score (nSPS) is 17.9. The molecule has 1 aliphatic carbocycles. The van der Waals surface area contributed by atoms with Crippen LogP contribution in [-0.4, -0.2) is 16.7 Å². The van der Waals surface area contributed by atoms with Crippen molar-refractivity contribution in [3.8, 4) is 0 Å². The Hall–Kier alpha value is -0.830. The van der Waals surface area contributed by atoms with Crippen molar-refractivity contribution in [1.82, 2.24) is 4.98 Å². The summed E-state index contributed by atoms with van der Waals surface area (Å²) in [7, 11) is 0. The number of rotatable bonds is 4. The number of nitrogens with zero attached hydrogens (tertiary/aromatic N) is 1. The van der Waals surface area contributed by atoms with Crippen LogP contribution in [0, 0.1) is 6.92 Å². The van der Waals surface area contributed by atoms with Gasteiger partial charge >= 0.3 is 0 Å². The first-order valence-corrected chi connectivity index (χ1v) is 6.38. The molecule has 0 amide bonds. The quantitative estimate of drug-likeness (QED) is 0.853. The molecule has 0 bridgehead atoms. The minimum atomic E-state index is 0.209. The van der Waals surface area contributed by atoms with Crippen LogP contribution in [0.3, 0.4) is 0 Å². The molecule has 2 rings (SSSR count). The highest BCUT2D eigenvalue weighted by atomic mass is 16.4. The Morgan fingerprint density at radius 3 is 2.75 bits per heavy atom. The lowest BCUT2D eigenvalue weighted by Gasteiger charge is -2.19. The third-order valence-electron chi connectivity index (χ3n) is 3.42. The molecular weight excluding hydrogens is 202 g/mol. The van der Waals surface area contributed by atoms with E-state index in [1.807, 2.05) is 6.92 Å². The number of hydrogen-bond acceptors (Lipinski definition) is 3. The number of oxazole rings is 1. The third kappa shape index (κ3) is 2.64. The van der Waals surface area contributed by atoms with E-state index in [1.165, 1.54) is 37.8 Å². The Labute approximate surface area is 96.9 Å². The molecule has 0 saturated heterocycles. The molecule has 1 saturated carbocycles. The van der Waals surface area contributed by atoms with Crippen LogP contribution in [0.15, 0.2) is 4.42 Å². The summed E-state index contributed by atoms with van der Waals surface area (Å²) in [6, 6.07) is 0. The zero-order valence-corrected chi connectivity index (χ0v) is 10.0. The van der Waals surface area contributed by atoms with E-state index in [4.69, 9.17) is 9.52 Å². The van der Waals surface area contributed by atoms with Crippen LogP contribution in [0.5, 0.6) is 0 Å². The van der Waals surface area contributed by atoms with Crippen molar-refractivity contribution in [3.63, 3.8) is 0 Å². The summed E-state index contributed by atoms with van der Waals surface area (Å²) >= 11 is 0. The van der Waals surface area contributed by atoms with Gasteiger partial charge in [-0.25, -0.2) is 4.98 Å². The van der Waals surface area contributed by atoms with Gasteiger partial charge in [-0.3, -0.25) is 0 Å². The molecule has 16 heavy (non-hydrogen) atoms. The van der Waals surface area contributed by atoms with Crippen LogP contribution in [0.4, 0.5) is 0 Å². The fourth-order valence-electron chi connectivity index (χ4n) is 2.56. The van der Waals surface area contributed by atoms with Gasteiger partial charge in [0, 0.05) is 18.9 Å². The first kappa shape index (κ1) is 11.6. The summed E-state index contributed by atoms with van der Waals surface area (Å²) in [5, 5.41) is 8.78. The molecule has 1 aromatic heterocycles. The minimum absolute atomic E-state index is 0.209. The predicted octanol–water partition coefficient (Wildman–Crippen LogP) is 2.96. The lowest BCUT2D eigenvalue weighted by molar-refractivity contribution is 0.282. The van der Waals surface area contributed by atoms with Crippen molar-refractivity contribution < 1.29 is 9.52 Å². The van der Waals surface area contributed by atoms with Crippen LogP contribution in [0.2, 0.25) is 0 Å². The fourth-order valence-corrected chi connectivity index (χ4v) is 2.56. The van der Waals surface area contributed by atoms with Crippen molar-refractivity contribution in [2.45, 2.75) is 57.8 Å². The lowest BCUT2D eigenvalue weighted by atomic mass is 9.86. The molecule has 0 atom stereocenters. The van der Waals surface area contributed by atoms with E-state index >= 15 is 0 Å². The fraction of sp³-hybridized carbons (Fsp3) is 0.769. The molecule has 1 aromatic rings. The van der Waals surface area contributed by atoms with Gasteiger partial charge in [-0.1, -0.05) is 19.3 Å². The summed E-state index contributed by atoms with van der Waals surface area (Å²) in [6.45, 7) is 2.22. The smallest absolute Gasteiger partial charge is 0.194 e. The predicted molar refractivity (Wildman–Crippen MR) is 62.5 cm³/mol. The van der Waals surface area contributed by atoms with E-state index in [-0.39, 0.29) is 6.61 Å². The van der Waals surface area contributed by atoms with Gasteiger partial charge < -0.3 is 9.52 Å². The molecule has 0 spiro atoms. The molecule has 3 nitrogen and oxygen atoms in total. The van der Waals surface area contributed by atoms with E-state index in [9.17, 15) is 0 Å². The van der Waals surface area contributed by atoms with Crippen molar-refractivity contribution >= 4 is 0 Å². The molecule has 1 heterocycles. The number of aliphatic hydroxyl groups excluding tert-OH is 1. The van der Waals surface area contributed by atoms with Crippen LogP contribution in [0.1, 0.15) is 61.8 Å². The average molecular weight is 223 g/mol. The summed E-state index contributed by atoms with van der Waals surface area (Å²) in [5.74, 6) is 2.40. The van der Waals surface area contributed by atoms with Crippen molar-refractivity contribution in [2.24, 2.45) is 0 Å². The SMILES string of the molecule is Cc1oc(CCCO)nc1C1CCCCC1. The monoisotopic (exact) mass is 223 g/mol. The van der Waals surface area contributed by atoms with Crippen LogP contribution in [-0.2, 0) is 6.42 Å². The van der Waals surface area contributed by atoms with E-state index in [0.717, 1.165) is 24.5 Å². The Balaban J connectivity index is 2.04. The Bertz CT molecular complexity index is 327. The highest BCUT2D eigenvalue weighted by molar-refractivity contribution is 5.14. The van der Waals surface area contributed by atoms with Crippen molar-refractivity contribution in [1.29, 1.82) is 0 Å². The maximum absolute atomic E-state index is 8.78. The number of aliphatic hydroxyl groups is 1. The van der Waals surface area contributed by atoms with Gasteiger partial charge in [0.2, 0.25) is 0 Å². The molecular formula is C13H21NO2. The highest BCUT2D eigenvalue weighted by Crippen LogP contribution is 2.33. The molecule has 0 radical (unpaired) electrons. The van der Waals surface area contributed by atoms with E-state index < -0.39 is 0 Å². The average Bonchev–Trinajstić information content (AvgIpc) is 2.69. The standard InChI is InChI=1S/C13H21NO2/c1-10-13(11-6-3-2-4-7-11)14-12(16-10)8-5-9-15/h11,15H,2-9H2,1H3. The second-order valence-corrected chi connectivity index (χ2v) is 4.71. The third-order valence-corrected chi connectivity index (χ3v) is 3.42. The molecule has 1 N–H and O–H groups in total. The van der Waals surface area contributed by atoms with E-state index in [0.29, 0.717) is 5.92 Å². The van der Waals surface area contributed by atoms with Gasteiger partial charge in [0.25, 0.3) is 0 Å². The zero-order chi connectivity index (χ0) is 11.4. The topological polar surface area (TPSA) is 46.3 Å². The van der Waals surface area contributed by atoms with Gasteiger partial charge in [-0.05, 0) is 26.2 Å². The molecule has 0 unspecified atom stereocenters. The van der Waals surface area contributed by atoms with Crippen LogP contribution < -0.4 is 0 Å². The molecule has 90 valence electrons. The van der Waals surface area contributed by atoms with Crippen molar-refractivity contribution in [3.05, 3.63) is 17.3 Å². The number of aryl methyl sites for hydroxylation is 2. The first-order chi connectivity index (χ1) is 7.81. The highest BCUT2D eigenvalue weighted by Gasteiger charge is 2.21. The Morgan fingerprint density at radius 1 is 1.31 bits per heavy atom. The first-order valence-electron chi connectivity index (χ1n) is 6.38. The van der Waals surface area contributed by atoms with E-state index in [2.05, 4.69) is 4.98 Å². The van der Waals surface area contributed by atoms with Gasteiger partial charge in [0.05, 0.1) is 5.69 Å². The molecule has 0 aliphatic heterocycles. The Kier molecular flexibility index (Phi) is 3.99. The molecule has 1 fully saturated rings. The van der Waals surface area contributed by atoms with Gasteiger partial charge in [-0.2, -0.15) is 0 Å². The number of hydrogen-bond donors (Lipinski definition) is 1. The van der Waals surface area contributed by atoms with Crippen molar-refractivity contribution in [2.75, 3.05) is 6.61 Å². The lowest BCUT2D eigenvalue weighted by Crippen LogP contribution is -2.06. The summed E-state index contributed by atoms with van der Waals surface area (Å²) in [4.78, 5) is 4.59. The van der Waals surface area contributed by atoms with Gasteiger partial charge in [0.1, 0.15) is 5.76 Å². The van der Waals surface area contributed by atoms with E-state index in [1.54, 1.807) is 0 Å². The molecule has 3 heteroatoms. The maximum Gasteiger partial charge on any atom is 0.194 e. The summed E-state index contributed by atoms with van der Waals surface area (Å²) in [6.07, 6.45) is 8.02. The second kappa shape index (κ2) is 5.48. The summed E-state index contributed by atoms with van der Waals surface area (Å²) < 4.78 is 5.65. The largest absolute Gasteiger partial charge is 0.446 e. The van der Waals surface area contributed by atoms with Crippen LogP contribution in [0.25, 0.3) is 0 Å². The number of aromatic nitrogens is 1. The molecule has 0 aromatic carbocycles. The Morgan fingerprint density at radius 2 is 2.06 bits per heavy atom. The zero-order valence-electron chi connectivity index (χ0n) is 10.0. The molecule has 1 aliphatic rings. The summed E-state index contributed by atoms with van der Waals surface area (Å²) in [5.41, 5.74) is 1.17. The van der Waals surface area contributed by atoms with Gasteiger partial charge in [0.15, 0.2) is 5.89 Å². The second-order valence-electron chi connectivity index (χ2n) is 4.71. The minimum Gasteiger partial charge on any atom is -0.446 e. The van der Waals surface area contributed by atoms with Gasteiger partial charge in [-0.15, -0.1) is 0 Å². The maximum atomic E-state index is 8.78.